The molecule has 0 spiro atoms. The van der Waals surface area contributed by atoms with Gasteiger partial charge in [0.15, 0.2) is 0 Å². The fraction of sp³-hybridized carbons (Fsp3) is 0.300. The standard InChI is InChI=1S/C20H24N2O4/c1-3-25-18-12-8-5-9-15(18)13-14-21-20(24)22-17-11-7-6-10-16(17)19(23)26-4-2/h5-12H,3-4,13-14H2,1-2H3,(H2,21,22,24). The van der Waals surface area contributed by atoms with Crippen LogP contribution in [-0.4, -0.2) is 31.8 Å². The van der Waals surface area contributed by atoms with E-state index in [2.05, 4.69) is 10.6 Å². The number of esters is 1. The molecule has 0 heterocycles. The normalized spacial score (nSPS) is 10.1. The van der Waals surface area contributed by atoms with Crippen molar-refractivity contribution in [1.29, 1.82) is 0 Å². The third-order valence-electron chi connectivity index (χ3n) is 3.62. The first-order valence-electron chi connectivity index (χ1n) is 8.67. The van der Waals surface area contributed by atoms with Gasteiger partial charge in [-0.05, 0) is 44.0 Å². The number of rotatable bonds is 8. The number of nitrogens with one attached hydrogen (secondary N) is 2. The monoisotopic (exact) mass is 356 g/mol. The predicted molar refractivity (Wildman–Crippen MR) is 101 cm³/mol. The minimum atomic E-state index is -0.464. The molecule has 2 aromatic carbocycles. The van der Waals surface area contributed by atoms with Crippen molar-refractivity contribution in [1.82, 2.24) is 5.32 Å². The van der Waals surface area contributed by atoms with Crippen LogP contribution in [0.15, 0.2) is 48.5 Å². The molecule has 138 valence electrons. The maximum Gasteiger partial charge on any atom is 0.340 e. The molecule has 0 fully saturated rings. The molecule has 0 saturated heterocycles. The largest absolute Gasteiger partial charge is 0.494 e. The van der Waals surface area contributed by atoms with Crippen molar-refractivity contribution in [2.75, 3.05) is 25.1 Å². The number of carbonyl (C=O) groups is 2. The maximum absolute atomic E-state index is 12.1. The zero-order chi connectivity index (χ0) is 18.8. The van der Waals surface area contributed by atoms with Crippen LogP contribution in [0.5, 0.6) is 5.75 Å². The molecule has 0 aliphatic rings. The average Bonchev–Trinajstić information content (AvgIpc) is 2.64. The second-order valence-electron chi connectivity index (χ2n) is 5.44. The summed E-state index contributed by atoms with van der Waals surface area (Å²) < 4.78 is 10.6. The van der Waals surface area contributed by atoms with Gasteiger partial charge in [-0.25, -0.2) is 9.59 Å². The Bertz CT molecular complexity index is 746. The third-order valence-corrected chi connectivity index (χ3v) is 3.62. The molecule has 2 amide bonds. The molecule has 26 heavy (non-hydrogen) atoms. The van der Waals surface area contributed by atoms with E-state index in [1.807, 2.05) is 31.2 Å². The fourth-order valence-corrected chi connectivity index (χ4v) is 2.46. The zero-order valence-electron chi connectivity index (χ0n) is 15.1. The lowest BCUT2D eigenvalue weighted by Gasteiger charge is -2.12. The van der Waals surface area contributed by atoms with E-state index in [1.54, 1.807) is 31.2 Å². The van der Waals surface area contributed by atoms with Crippen molar-refractivity contribution in [3.05, 3.63) is 59.7 Å². The molecule has 0 aliphatic carbocycles. The minimum Gasteiger partial charge on any atom is -0.494 e. The van der Waals surface area contributed by atoms with Crippen LogP contribution in [0.25, 0.3) is 0 Å². The maximum atomic E-state index is 12.1. The van der Waals surface area contributed by atoms with Crippen molar-refractivity contribution in [3.63, 3.8) is 0 Å². The van der Waals surface area contributed by atoms with Crippen molar-refractivity contribution >= 4 is 17.7 Å². The van der Waals surface area contributed by atoms with Crippen molar-refractivity contribution in [2.45, 2.75) is 20.3 Å². The Hall–Kier alpha value is -3.02. The molecule has 6 nitrogen and oxygen atoms in total. The molecule has 0 atom stereocenters. The topological polar surface area (TPSA) is 76.7 Å². The van der Waals surface area contributed by atoms with Gasteiger partial charge in [0.2, 0.25) is 0 Å². The lowest BCUT2D eigenvalue weighted by atomic mass is 10.1. The number of carbonyl (C=O) groups excluding carboxylic acids is 2. The number of ether oxygens (including phenoxy) is 2. The summed E-state index contributed by atoms with van der Waals surface area (Å²) >= 11 is 0. The van der Waals surface area contributed by atoms with E-state index in [1.165, 1.54) is 0 Å². The van der Waals surface area contributed by atoms with Gasteiger partial charge < -0.3 is 20.1 Å². The van der Waals surface area contributed by atoms with E-state index in [4.69, 9.17) is 9.47 Å². The van der Waals surface area contributed by atoms with Crippen LogP contribution in [0.1, 0.15) is 29.8 Å². The number of urea groups is 1. The first-order valence-corrected chi connectivity index (χ1v) is 8.67. The Morgan fingerprint density at radius 3 is 2.46 bits per heavy atom. The molecular formula is C20H24N2O4. The minimum absolute atomic E-state index is 0.276. The van der Waals surface area contributed by atoms with Gasteiger partial charge in [-0.1, -0.05) is 30.3 Å². The van der Waals surface area contributed by atoms with Crippen LogP contribution in [0.3, 0.4) is 0 Å². The van der Waals surface area contributed by atoms with E-state index in [0.717, 1.165) is 11.3 Å². The van der Waals surface area contributed by atoms with Crippen LogP contribution in [0.4, 0.5) is 10.5 Å². The van der Waals surface area contributed by atoms with E-state index < -0.39 is 5.97 Å². The number of amides is 2. The van der Waals surface area contributed by atoms with Gasteiger partial charge in [-0.15, -0.1) is 0 Å². The molecule has 0 aromatic heterocycles. The first-order chi connectivity index (χ1) is 12.7. The number of hydrogen-bond acceptors (Lipinski definition) is 4. The summed E-state index contributed by atoms with van der Waals surface area (Å²) in [5.74, 6) is 0.360. The molecule has 0 bridgehead atoms. The second kappa shape index (κ2) is 10.1. The van der Waals surface area contributed by atoms with Gasteiger partial charge >= 0.3 is 12.0 Å². The van der Waals surface area contributed by atoms with E-state index in [-0.39, 0.29) is 12.6 Å². The van der Waals surface area contributed by atoms with Gasteiger partial charge in [0.25, 0.3) is 0 Å². The highest BCUT2D eigenvalue weighted by atomic mass is 16.5. The predicted octanol–water partition coefficient (Wildman–Crippen LogP) is 3.63. The highest BCUT2D eigenvalue weighted by molar-refractivity contribution is 6.00. The number of benzene rings is 2. The van der Waals surface area contributed by atoms with E-state index in [0.29, 0.717) is 30.8 Å². The Morgan fingerprint density at radius 2 is 1.69 bits per heavy atom. The van der Waals surface area contributed by atoms with Crippen molar-refractivity contribution < 1.29 is 19.1 Å². The lowest BCUT2D eigenvalue weighted by molar-refractivity contribution is 0.0527. The van der Waals surface area contributed by atoms with Crippen LogP contribution < -0.4 is 15.4 Å². The van der Waals surface area contributed by atoms with Crippen LogP contribution in [0.2, 0.25) is 0 Å². The van der Waals surface area contributed by atoms with E-state index in [9.17, 15) is 9.59 Å². The van der Waals surface area contributed by atoms with Crippen LogP contribution in [0, 0.1) is 0 Å². The number of para-hydroxylation sites is 2. The van der Waals surface area contributed by atoms with Gasteiger partial charge in [0.05, 0.1) is 24.5 Å². The molecular weight excluding hydrogens is 332 g/mol. The summed E-state index contributed by atoms with van der Waals surface area (Å²) in [5.41, 5.74) is 1.77. The second-order valence-corrected chi connectivity index (χ2v) is 5.44. The molecule has 2 aromatic rings. The molecule has 2 rings (SSSR count). The van der Waals surface area contributed by atoms with Gasteiger partial charge in [0, 0.05) is 6.54 Å². The van der Waals surface area contributed by atoms with Crippen molar-refractivity contribution in [2.24, 2.45) is 0 Å². The summed E-state index contributed by atoms with van der Waals surface area (Å²) in [4.78, 5) is 24.1. The summed E-state index contributed by atoms with van der Waals surface area (Å²) in [5, 5.41) is 5.48. The lowest BCUT2D eigenvalue weighted by Crippen LogP contribution is -2.31. The van der Waals surface area contributed by atoms with Gasteiger partial charge in [0.1, 0.15) is 5.75 Å². The van der Waals surface area contributed by atoms with Crippen LogP contribution >= 0.6 is 0 Å². The van der Waals surface area contributed by atoms with Crippen molar-refractivity contribution in [3.8, 4) is 5.75 Å². The Balaban J connectivity index is 1.91. The van der Waals surface area contributed by atoms with Gasteiger partial charge in [-0.2, -0.15) is 0 Å². The fourth-order valence-electron chi connectivity index (χ4n) is 2.46. The Morgan fingerprint density at radius 1 is 0.962 bits per heavy atom. The summed E-state index contributed by atoms with van der Waals surface area (Å²) in [6, 6.07) is 14.1. The first kappa shape index (κ1) is 19.3. The van der Waals surface area contributed by atoms with Gasteiger partial charge in [-0.3, -0.25) is 0 Å². The molecule has 2 N–H and O–H groups in total. The molecule has 0 unspecified atom stereocenters. The third kappa shape index (κ3) is 5.51. The Kier molecular flexibility index (Phi) is 7.49. The van der Waals surface area contributed by atoms with E-state index >= 15 is 0 Å². The molecule has 0 saturated carbocycles. The van der Waals surface area contributed by atoms with Crippen LogP contribution in [-0.2, 0) is 11.2 Å². The molecule has 6 heteroatoms. The SMILES string of the molecule is CCOC(=O)c1ccccc1NC(=O)NCCc1ccccc1OCC. The average molecular weight is 356 g/mol. The number of hydrogen-bond donors (Lipinski definition) is 2. The smallest absolute Gasteiger partial charge is 0.340 e. The zero-order valence-corrected chi connectivity index (χ0v) is 15.1. The Labute approximate surface area is 153 Å². The quantitative estimate of drug-likeness (QED) is 0.708. The highest BCUT2D eigenvalue weighted by Crippen LogP contribution is 2.18. The highest BCUT2D eigenvalue weighted by Gasteiger charge is 2.13. The summed E-state index contributed by atoms with van der Waals surface area (Å²) in [7, 11) is 0. The molecule has 0 radical (unpaired) electrons. The molecule has 0 aliphatic heterocycles. The number of anilines is 1. The summed E-state index contributed by atoms with van der Waals surface area (Å²) in [6.45, 7) is 4.98. The summed E-state index contributed by atoms with van der Waals surface area (Å²) in [6.07, 6.45) is 0.642.